The number of nitrogens with zero attached hydrogens (tertiary/aromatic N) is 1. The zero-order valence-electron chi connectivity index (χ0n) is 8.00. The second-order valence-corrected chi connectivity index (χ2v) is 4.44. The second-order valence-electron chi connectivity index (χ2n) is 3.33. The fraction of sp³-hybridized carbons (Fsp3) is 0.364. The highest BCUT2D eigenvalue weighted by atomic mass is 32.1. The van der Waals surface area contributed by atoms with Gasteiger partial charge in [-0.3, -0.25) is 0 Å². The Morgan fingerprint density at radius 1 is 1.38 bits per heavy atom. The van der Waals surface area contributed by atoms with Gasteiger partial charge >= 0.3 is 0 Å². The highest BCUT2D eigenvalue weighted by molar-refractivity contribution is 7.18. The van der Waals surface area contributed by atoms with Gasteiger partial charge in [-0.1, -0.05) is 13.0 Å². The Morgan fingerprint density at radius 3 is 3.00 bits per heavy atom. The molecule has 68 valence electrons. The fourth-order valence-electron chi connectivity index (χ4n) is 1.40. The third-order valence-electron chi connectivity index (χ3n) is 2.05. The van der Waals surface area contributed by atoms with E-state index in [1.165, 1.54) is 21.7 Å². The summed E-state index contributed by atoms with van der Waals surface area (Å²) < 4.78 is 1.32. The maximum Gasteiger partial charge on any atom is 0.0938 e. The minimum atomic E-state index is 1.11. The normalized spacial score (nSPS) is 10.9. The van der Waals surface area contributed by atoms with E-state index < -0.39 is 0 Å². The van der Waals surface area contributed by atoms with Gasteiger partial charge in [0.05, 0.1) is 15.2 Å². The zero-order valence-corrected chi connectivity index (χ0v) is 8.82. The molecule has 0 unspecified atom stereocenters. The molecular formula is C11H13NS. The molecule has 2 rings (SSSR count). The van der Waals surface area contributed by atoms with Crippen LogP contribution in [0.25, 0.3) is 10.2 Å². The van der Waals surface area contributed by atoms with Crippen molar-refractivity contribution in [1.82, 2.24) is 4.98 Å². The van der Waals surface area contributed by atoms with Gasteiger partial charge < -0.3 is 0 Å². The van der Waals surface area contributed by atoms with Gasteiger partial charge in [0.1, 0.15) is 0 Å². The Bertz CT molecular complexity index is 417. The average Bonchev–Trinajstić information content (AvgIpc) is 2.46. The Morgan fingerprint density at radius 2 is 2.23 bits per heavy atom. The van der Waals surface area contributed by atoms with E-state index in [1.54, 1.807) is 0 Å². The Hall–Kier alpha value is -0.890. The molecule has 0 radical (unpaired) electrons. The second kappa shape index (κ2) is 3.46. The summed E-state index contributed by atoms with van der Waals surface area (Å²) in [6.45, 7) is 4.32. The third kappa shape index (κ3) is 1.73. The van der Waals surface area contributed by atoms with E-state index in [0.29, 0.717) is 0 Å². The molecule has 1 aromatic heterocycles. The molecular weight excluding hydrogens is 178 g/mol. The maximum atomic E-state index is 4.56. The van der Waals surface area contributed by atoms with Crippen molar-refractivity contribution >= 4 is 21.6 Å². The first-order valence-corrected chi connectivity index (χ1v) is 5.47. The molecule has 0 atom stereocenters. The van der Waals surface area contributed by atoms with E-state index >= 15 is 0 Å². The quantitative estimate of drug-likeness (QED) is 0.707. The van der Waals surface area contributed by atoms with Crippen molar-refractivity contribution < 1.29 is 0 Å². The summed E-state index contributed by atoms with van der Waals surface area (Å²) in [6, 6.07) is 6.45. The highest BCUT2D eigenvalue weighted by Gasteiger charge is 2.01. The topological polar surface area (TPSA) is 12.9 Å². The Balaban J connectivity index is 2.49. The third-order valence-corrected chi connectivity index (χ3v) is 3.13. The molecule has 0 aliphatic carbocycles. The van der Waals surface area contributed by atoms with Crippen LogP contribution in [0.3, 0.4) is 0 Å². The predicted molar refractivity (Wildman–Crippen MR) is 58.4 cm³/mol. The van der Waals surface area contributed by atoms with Crippen LogP contribution >= 0.6 is 11.3 Å². The van der Waals surface area contributed by atoms with Crippen LogP contribution in [0.5, 0.6) is 0 Å². The summed E-state index contributed by atoms with van der Waals surface area (Å²) >= 11 is 1.82. The molecule has 1 heterocycles. The van der Waals surface area contributed by atoms with Crippen molar-refractivity contribution in [2.75, 3.05) is 0 Å². The summed E-state index contributed by atoms with van der Waals surface area (Å²) in [5.41, 5.74) is 2.47. The molecule has 2 heteroatoms. The number of benzene rings is 1. The SMILES string of the molecule is CCCc1nc2ccc(C)cc2s1. The van der Waals surface area contributed by atoms with E-state index in [9.17, 15) is 0 Å². The summed E-state index contributed by atoms with van der Waals surface area (Å²) in [4.78, 5) is 4.56. The first-order valence-electron chi connectivity index (χ1n) is 4.65. The average molecular weight is 191 g/mol. The molecule has 1 aromatic carbocycles. The number of aryl methyl sites for hydroxylation is 2. The van der Waals surface area contributed by atoms with E-state index in [2.05, 4.69) is 37.0 Å². The number of hydrogen-bond acceptors (Lipinski definition) is 2. The summed E-state index contributed by atoms with van der Waals surface area (Å²) in [5, 5.41) is 1.27. The zero-order chi connectivity index (χ0) is 9.26. The molecule has 1 nitrogen and oxygen atoms in total. The number of hydrogen-bond donors (Lipinski definition) is 0. The molecule has 0 amide bonds. The van der Waals surface area contributed by atoms with Crippen LogP contribution in [-0.2, 0) is 6.42 Å². The van der Waals surface area contributed by atoms with Crippen molar-refractivity contribution in [2.24, 2.45) is 0 Å². The van der Waals surface area contributed by atoms with Crippen LogP contribution in [0.1, 0.15) is 23.9 Å². The molecule has 2 aromatic rings. The van der Waals surface area contributed by atoms with Crippen LogP contribution in [0, 0.1) is 6.92 Å². The number of rotatable bonds is 2. The number of fused-ring (bicyclic) bond motifs is 1. The molecule has 0 saturated heterocycles. The molecule has 13 heavy (non-hydrogen) atoms. The minimum absolute atomic E-state index is 1.11. The first-order chi connectivity index (χ1) is 6.29. The van der Waals surface area contributed by atoms with Gasteiger partial charge in [-0.2, -0.15) is 0 Å². The van der Waals surface area contributed by atoms with E-state index in [0.717, 1.165) is 11.9 Å². The van der Waals surface area contributed by atoms with Crippen LogP contribution < -0.4 is 0 Å². The summed E-state index contributed by atoms with van der Waals surface area (Å²) in [6.07, 6.45) is 2.29. The van der Waals surface area contributed by atoms with Crippen LogP contribution in [-0.4, -0.2) is 4.98 Å². The van der Waals surface area contributed by atoms with Gasteiger partial charge in [0.2, 0.25) is 0 Å². The lowest BCUT2D eigenvalue weighted by molar-refractivity contribution is 0.913. The first kappa shape index (κ1) is 8.70. The van der Waals surface area contributed by atoms with Crippen LogP contribution in [0.4, 0.5) is 0 Å². The Kier molecular flexibility index (Phi) is 2.32. The van der Waals surface area contributed by atoms with Gasteiger partial charge in [-0.25, -0.2) is 4.98 Å². The lowest BCUT2D eigenvalue weighted by Gasteiger charge is -1.88. The van der Waals surface area contributed by atoms with Crippen LogP contribution in [0.2, 0.25) is 0 Å². The molecule has 0 saturated carbocycles. The summed E-state index contributed by atoms with van der Waals surface area (Å²) in [7, 11) is 0. The Labute approximate surface area is 82.4 Å². The molecule has 0 aliphatic rings. The van der Waals surface area contributed by atoms with E-state index in [1.807, 2.05) is 11.3 Å². The smallest absolute Gasteiger partial charge is 0.0938 e. The van der Waals surface area contributed by atoms with Gasteiger partial charge in [-0.15, -0.1) is 11.3 Å². The monoisotopic (exact) mass is 191 g/mol. The number of thiazole rings is 1. The van der Waals surface area contributed by atoms with Gasteiger partial charge in [-0.05, 0) is 37.5 Å². The predicted octanol–water partition coefficient (Wildman–Crippen LogP) is 3.56. The van der Waals surface area contributed by atoms with Crippen molar-refractivity contribution in [1.29, 1.82) is 0 Å². The van der Waals surface area contributed by atoms with Crippen molar-refractivity contribution in [3.8, 4) is 0 Å². The van der Waals surface area contributed by atoms with Gasteiger partial charge in [0, 0.05) is 0 Å². The number of aromatic nitrogens is 1. The standard InChI is InChI=1S/C11H13NS/c1-3-4-11-12-9-6-5-8(2)7-10(9)13-11/h5-7H,3-4H2,1-2H3. The van der Waals surface area contributed by atoms with Crippen molar-refractivity contribution in [3.05, 3.63) is 28.8 Å². The molecule has 0 fully saturated rings. The van der Waals surface area contributed by atoms with Crippen molar-refractivity contribution in [2.45, 2.75) is 26.7 Å². The summed E-state index contributed by atoms with van der Waals surface area (Å²) in [5.74, 6) is 0. The lowest BCUT2D eigenvalue weighted by Crippen LogP contribution is -1.78. The lowest BCUT2D eigenvalue weighted by atomic mass is 10.2. The van der Waals surface area contributed by atoms with Crippen LogP contribution in [0.15, 0.2) is 18.2 Å². The van der Waals surface area contributed by atoms with E-state index in [-0.39, 0.29) is 0 Å². The van der Waals surface area contributed by atoms with Gasteiger partial charge in [0.25, 0.3) is 0 Å². The van der Waals surface area contributed by atoms with Crippen molar-refractivity contribution in [3.63, 3.8) is 0 Å². The van der Waals surface area contributed by atoms with Gasteiger partial charge in [0.15, 0.2) is 0 Å². The molecule has 0 bridgehead atoms. The molecule has 0 spiro atoms. The fourth-order valence-corrected chi connectivity index (χ4v) is 2.57. The maximum absolute atomic E-state index is 4.56. The van der Waals surface area contributed by atoms with E-state index in [4.69, 9.17) is 0 Å². The minimum Gasteiger partial charge on any atom is -0.241 e. The highest BCUT2D eigenvalue weighted by Crippen LogP contribution is 2.23. The molecule has 0 aliphatic heterocycles. The largest absolute Gasteiger partial charge is 0.241 e. The molecule has 0 N–H and O–H groups in total.